The van der Waals surface area contributed by atoms with Gasteiger partial charge in [0.25, 0.3) is 0 Å². The average Bonchev–Trinajstić information content (AvgIpc) is 3.17. The Hall–Kier alpha value is -1.06. The van der Waals surface area contributed by atoms with Gasteiger partial charge in [-0.3, -0.25) is 9.59 Å². The third-order valence-corrected chi connectivity index (χ3v) is 4.40. The van der Waals surface area contributed by atoms with Gasteiger partial charge in [-0.25, -0.2) is 0 Å². The number of likely N-dealkylation sites (tertiary alicyclic amines) is 1. The van der Waals surface area contributed by atoms with E-state index in [1.165, 1.54) is 0 Å². The zero-order valence-electron chi connectivity index (χ0n) is 9.45. The number of nitrogens with one attached hydrogen (secondary N) is 1. The molecule has 1 aliphatic heterocycles. The molecule has 4 heteroatoms. The maximum atomic E-state index is 11.6. The molecule has 3 fully saturated rings. The summed E-state index contributed by atoms with van der Waals surface area (Å²) in [6.07, 6.45) is 6.32. The summed E-state index contributed by atoms with van der Waals surface area (Å²) in [4.78, 5) is 24.1. The molecule has 3 rings (SSSR count). The van der Waals surface area contributed by atoms with Crippen LogP contribution >= 0.6 is 0 Å². The van der Waals surface area contributed by atoms with E-state index in [0.29, 0.717) is 17.4 Å². The van der Waals surface area contributed by atoms with Crippen molar-refractivity contribution in [2.24, 2.45) is 11.3 Å². The van der Waals surface area contributed by atoms with Crippen LogP contribution in [-0.4, -0.2) is 36.3 Å². The molecule has 2 aliphatic carbocycles. The monoisotopic (exact) mass is 222 g/mol. The van der Waals surface area contributed by atoms with Gasteiger partial charge in [0.1, 0.15) is 0 Å². The van der Waals surface area contributed by atoms with E-state index in [0.717, 1.165) is 51.6 Å². The summed E-state index contributed by atoms with van der Waals surface area (Å²) in [6.45, 7) is 1.72. The smallest absolute Gasteiger partial charge is 0.223 e. The maximum Gasteiger partial charge on any atom is 0.223 e. The molecule has 0 bridgehead atoms. The normalized spacial score (nSPS) is 31.2. The Balaban J connectivity index is 1.50. The summed E-state index contributed by atoms with van der Waals surface area (Å²) in [5.74, 6) is 0.576. The van der Waals surface area contributed by atoms with E-state index in [2.05, 4.69) is 5.32 Å². The van der Waals surface area contributed by atoms with Gasteiger partial charge in [-0.2, -0.15) is 0 Å². The number of carbonyl (C=O) groups excluding carboxylic acids is 2. The minimum absolute atomic E-state index is 0.264. The Labute approximate surface area is 95.4 Å². The molecule has 2 amide bonds. The number of piperidine rings is 1. The number of hydrogen-bond donors (Lipinski definition) is 1. The summed E-state index contributed by atoms with van der Waals surface area (Å²) >= 11 is 0. The van der Waals surface area contributed by atoms with E-state index < -0.39 is 0 Å². The van der Waals surface area contributed by atoms with E-state index in [4.69, 9.17) is 0 Å². The number of carbonyl (C=O) groups is 2. The second kappa shape index (κ2) is 3.47. The van der Waals surface area contributed by atoms with Gasteiger partial charge in [-0.1, -0.05) is 0 Å². The van der Waals surface area contributed by atoms with Crippen LogP contribution in [0, 0.1) is 11.3 Å². The maximum absolute atomic E-state index is 11.6. The summed E-state index contributed by atoms with van der Waals surface area (Å²) in [5, 5.41) is 3.16. The summed E-state index contributed by atoms with van der Waals surface area (Å²) in [6, 6.07) is 0.398. The first-order chi connectivity index (χ1) is 7.73. The first kappa shape index (κ1) is 10.1. The molecule has 3 aliphatic rings. The van der Waals surface area contributed by atoms with Crippen molar-refractivity contribution >= 4 is 12.3 Å². The van der Waals surface area contributed by atoms with Crippen LogP contribution in [0.5, 0.6) is 0 Å². The second-order valence-corrected chi connectivity index (χ2v) is 5.54. The van der Waals surface area contributed by atoms with Gasteiger partial charge in [0.2, 0.25) is 12.3 Å². The molecule has 1 heterocycles. The number of rotatable bonds is 3. The van der Waals surface area contributed by atoms with Gasteiger partial charge in [0, 0.05) is 25.0 Å². The van der Waals surface area contributed by atoms with Crippen LogP contribution in [0.4, 0.5) is 0 Å². The molecule has 2 saturated carbocycles. The first-order valence-corrected chi connectivity index (χ1v) is 6.23. The van der Waals surface area contributed by atoms with E-state index in [9.17, 15) is 9.59 Å². The zero-order chi connectivity index (χ0) is 11.2. The minimum atomic E-state index is 0.264. The van der Waals surface area contributed by atoms with Gasteiger partial charge in [0.05, 0.1) is 0 Å². The number of amides is 2. The Kier molecular flexibility index (Phi) is 2.19. The Morgan fingerprint density at radius 2 is 2.00 bits per heavy atom. The number of hydrogen-bond acceptors (Lipinski definition) is 2. The van der Waals surface area contributed by atoms with Gasteiger partial charge in [0.15, 0.2) is 0 Å². The van der Waals surface area contributed by atoms with Crippen molar-refractivity contribution in [3.63, 3.8) is 0 Å². The molecule has 88 valence electrons. The highest BCUT2D eigenvalue weighted by atomic mass is 16.2. The Morgan fingerprint density at radius 1 is 1.31 bits per heavy atom. The molecule has 0 aromatic rings. The van der Waals surface area contributed by atoms with Crippen LogP contribution in [0.2, 0.25) is 0 Å². The fourth-order valence-corrected chi connectivity index (χ4v) is 2.81. The van der Waals surface area contributed by atoms with Crippen LogP contribution in [0.25, 0.3) is 0 Å². The van der Waals surface area contributed by atoms with Crippen LogP contribution in [-0.2, 0) is 9.59 Å². The highest BCUT2D eigenvalue weighted by Gasteiger charge is 2.56. The third kappa shape index (κ3) is 1.70. The van der Waals surface area contributed by atoms with Crippen molar-refractivity contribution in [2.45, 2.75) is 38.1 Å². The van der Waals surface area contributed by atoms with E-state index >= 15 is 0 Å². The first-order valence-electron chi connectivity index (χ1n) is 6.23. The molecular formula is C12H18N2O2. The van der Waals surface area contributed by atoms with Crippen LogP contribution < -0.4 is 5.32 Å². The molecule has 1 saturated heterocycles. The van der Waals surface area contributed by atoms with E-state index in [1.54, 1.807) is 0 Å². The lowest BCUT2D eigenvalue weighted by atomic mass is 9.93. The molecule has 4 nitrogen and oxygen atoms in total. The minimum Gasteiger partial charge on any atom is -0.353 e. The lowest BCUT2D eigenvalue weighted by Gasteiger charge is -2.30. The predicted molar refractivity (Wildman–Crippen MR) is 58.6 cm³/mol. The Morgan fingerprint density at radius 3 is 2.56 bits per heavy atom. The number of nitrogens with zero attached hydrogens (tertiary/aromatic N) is 1. The van der Waals surface area contributed by atoms with Crippen molar-refractivity contribution in [2.75, 3.05) is 13.1 Å². The second-order valence-electron chi connectivity index (χ2n) is 5.54. The fourth-order valence-electron chi connectivity index (χ4n) is 2.81. The Bertz CT molecular complexity index is 317. The molecule has 0 aromatic carbocycles. The topological polar surface area (TPSA) is 49.4 Å². The van der Waals surface area contributed by atoms with Crippen LogP contribution in [0.3, 0.4) is 0 Å². The molecule has 0 aromatic heterocycles. The molecule has 16 heavy (non-hydrogen) atoms. The lowest BCUT2D eigenvalue weighted by molar-refractivity contribution is -0.123. The van der Waals surface area contributed by atoms with Crippen LogP contribution in [0.1, 0.15) is 32.1 Å². The SMILES string of the molecule is O=CN1CCC2(CC1)C[C@H]2NC(=O)C1CC1. The highest BCUT2D eigenvalue weighted by molar-refractivity contribution is 5.81. The van der Waals surface area contributed by atoms with Gasteiger partial charge < -0.3 is 10.2 Å². The van der Waals surface area contributed by atoms with Crippen molar-refractivity contribution < 1.29 is 9.59 Å². The van der Waals surface area contributed by atoms with E-state index in [1.807, 2.05) is 4.90 Å². The van der Waals surface area contributed by atoms with Crippen molar-refractivity contribution in [1.29, 1.82) is 0 Å². The van der Waals surface area contributed by atoms with Crippen molar-refractivity contribution in [1.82, 2.24) is 10.2 Å². The highest BCUT2D eigenvalue weighted by Crippen LogP contribution is 2.54. The largest absolute Gasteiger partial charge is 0.353 e. The summed E-state index contributed by atoms with van der Waals surface area (Å²) in [7, 11) is 0. The molecule has 1 spiro atoms. The molecule has 1 N–H and O–H groups in total. The molecule has 0 unspecified atom stereocenters. The van der Waals surface area contributed by atoms with E-state index in [-0.39, 0.29) is 5.91 Å². The van der Waals surface area contributed by atoms with Gasteiger partial charge >= 0.3 is 0 Å². The summed E-state index contributed by atoms with van der Waals surface area (Å²) in [5.41, 5.74) is 0.337. The quantitative estimate of drug-likeness (QED) is 0.708. The average molecular weight is 222 g/mol. The standard InChI is InChI=1S/C12H18N2O2/c15-8-14-5-3-12(4-6-14)7-10(12)13-11(16)9-1-2-9/h8-10H,1-7H2,(H,13,16)/t10-/m1/s1. The van der Waals surface area contributed by atoms with Crippen LogP contribution in [0.15, 0.2) is 0 Å². The lowest BCUT2D eigenvalue weighted by Crippen LogP contribution is -2.38. The van der Waals surface area contributed by atoms with Gasteiger partial charge in [-0.15, -0.1) is 0 Å². The van der Waals surface area contributed by atoms with Crippen molar-refractivity contribution in [3.8, 4) is 0 Å². The predicted octanol–water partition coefficient (Wildman–Crippen LogP) is 0.523. The van der Waals surface area contributed by atoms with Gasteiger partial charge in [-0.05, 0) is 37.5 Å². The molecule has 0 radical (unpaired) electrons. The molecular weight excluding hydrogens is 204 g/mol. The third-order valence-electron chi connectivity index (χ3n) is 4.40. The molecule has 1 atom stereocenters. The zero-order valence-corrected chi connectivity index (χ0v) is 9.45. The summed E-state index contributed by atoms with van der Waals surface area (Å²) < 4.78 is 0. The fraction of sp³-hybridized carbons (Fsp3) is 0.833. The van der Waals surface area contributed by atoms with Crippen molar-refractivity contribution in [3.05, 3.63) is 0 Å².